The lowest BCUT2D eigenvalue weighted by atomic mass is 10.0. The summed E-state index contributed by atoms with van der Waals surface area (Å²) >= 11 is 0. The predicted molar refractivity (Wildman–Crippen MR) is 95.6 cm³/mol. The number of benzene rings is 1. The van der Waals surface area contributed by atoms with E-state index in [4.69, 9.17) is 4.74 Å². The molecule has 1 unspecified atom stereocenters. The zero-order valence-corrected chi connectivity index (χ0v) is 14.3. The largest absolute Gasteiger partial charge is 0.376 e. The highest BCUT2D eigenvalue weighted by Gasteiger charge is 2.18. The number of hydrogen-bond acceptors (Lipinski definition) is 2. The zero-order chi connectivity index (χ0) is 16.4. The van der Waals surface area contributed by atoms with Crippen LogP contribution in [0.15, 0.2) is 30.5 Å². The van der Waals surface area contributed by atoms with Crippen LogP contribution in [-0.4, -0.2) is 22.5 Å². The van der Waals surface area contributed by atoms with Gasteiger partial charge in [-0.25, -0.2) is 0 Å². The maximum absolute atomic E-state index is 5.84. The van der Waals surface area contributed by atoms with Crippen molar-refractivity contribution in [1.82, 2.24) is 9.78 Å². The summed E-state index contributed by atoms with van der Waals surface area (Å²) in [5.74, 6) is 7.23. The minimum atomic E-state index is 0.310. The fourth-order valence-corrected chi connectivity index (χ4v) is 3.20. The van der Waals surface area contributed by atoms with E-state index in [1.807, 2.05) is 6.20 Å². The second kappa shape index (κ2) is 6.83. The summed E-state index contributed by atoms with van der Waals surface area (Å²) in [4.78, 5) is 0. The highest BCUT2D eigenvalue weighted by molar-refractivity contribution is 5.66. The second-order valence-electron chi connectivity index (χ2n) is 6.94. The molecule has 24 heavy (non-hydrogen) atoms. The predicted octanol–water partition coefficient (Wildman–Crippen LogP) is 4.19. The quantitative estimate of drug-likeness (QED) is 0.793. The van der Waals surface area contributed by atoms with Gasteiger partial charge in [0.2, 0.25) is 0 Å². The molecule has 1 aliphatic heterocycles. The van der Waals surface area contributed by atoms with E-state index in [0.717, 1.165) is 25.1 Å². The van der Waals surface area contributed by atoms with Crippen molar-refractivity contribution in [3.8, 4) is 23.0 Å². The van der Waals surface area contributed by atoms with Crippen molar-refractivity contribution in [2.45, 2.75) is 51.7 Å². The minimum Gasteiger partial charge on any atom is -0.376 e. The normalized spacial score (nSPS) is 20.5. The molecule has 0 amide bonds. The van der Waals surface area contributed by atoms with Crippen LogP contribution in [0, 0.1) is 24.7 Å². The van der Waals surface area contributed by atoms with Crippen LogP contribution in [-0.2, 0) is 11.3 Å². The lowest BCUT2D eigenvalue weighted by Crippen LogP contribution is -2.25. The third-order valence-electron chi connectivity index (χ3n) is 4.95. The van der Waals surface area contributed by atoms with Crippen molar-refractivity contribution < 1.29 is 4.74 Å². The molecule has 0 N–H and O–H groups in total. The Balaban J connectivity index is 1.48. The molecule has 3 nitrogen and oxygen atoms in total. The fourth-order valence-electron chi connectivity index (χ4n) is 3.20. The van der Waals surface area contributed by atoms with Gasteiger partial charge in [-0.05, 0) is 56.7 Å². The molecule has 1 aromatic carbocycles. The monoisotopic (exact) mass is 320 g/mol. The molecule has 0 spiro atoms. The van der Waals surface area contributed by atoms with E-state index >= 15 is 0 Å². The van der Waals surface area contributed by atoms with Crippen LogP contribution in [0.4, 0.5) is 0 Å². The highest BCUT2D eigenvalue weighted by Crippen LogP contribution is 2.28. The average Bonchev–Trinajstić information content (AvgIpc) is 3.39. The van der Waals surface area contributed by atoms with Gasteiger partial charge in [-0.2, -0.15) is 5.10 Å². The summed E-state index contributed by atoms with van der Waals surface area (Å²) in [7, 11) is 0. The fraction of sp³-hybridized carbons (Fsp3) is 0.476. The maximum Gasteiger partial charge on any atom is 0.0771 e. The Bertz CT molecular complexity index is 753. The van der Waals surface area contributed by atoms with E-state index in [1.165, 1.54) is 42.5 Å². The van der Waals surface area contributed by atoms with Gasteiger partial charge in [0, 0.05) is 29.3 Å². The Morgan fingerprint density at radius 1 is 1.17 bits per heavy atom. The van der Waals surface area contributed by atoms with E-state index in [-0.39, 0.29) is 0 Å². The number of rotatable bonds is 3. The summed E-state index contributed by atoms with van der Waals surface area (Å²) in [6.45, 7) is 3.89. The molecule has 2 fully saturated rings. The summed E-state index contributed by atoms with van der Waals surface area (Å²) in [5.41, 5.74) is 4.72. The summed E-state index contributed by atoms with van der Waals surface area (Å²) in [6.07, 6.45) is 8.43. The number of ether oxygens (including phenoxy) is 1. The number of aromatic nitrogens is 2. The molecule has 1 aliphatic carbocycles. The first kappa shape index (κ1) is 15.5. The minimum absolute atomic E-state index is 0.310. The Labute approximate surface area is 144 Å². The molecule has 3 heteroatoms. The molecule has 0 radical (unpaired) electrons. The third-order valence-corrected chi connectivity index (χ3v) is 4.95. The van der Waals surface area contributed by atoms with Gasteiger partial charge in [0.15, 0.2) is 0 Å². The average molecular weight is 320 g/mol. The van der Waals surface area contributed by atoms with E-state index < -0.39 is 0 Å². The van der Waals surface area contributed by atoms with Crippen LogP contribution < -0.4 is 0 Å². The number of nitrogens with zero attached hydrogens (tertiary/aromatic N) is 2. The van der Waals surface area contributed by atoms with Crippen molar-refractivity contribution in [3.63, 3.8) is 0 Å². The first-order valence-corrected chi connectivity index (χ1v) is 9.05. The van der Waals surface area contributed by atoms with Crippen molar-refractivity contribution >= 4 is 0 Å². The van der Waals surface area contributed by atoms with Crippen molar-refractivity contribution in [3.05, 3.63) is 41.7 Å². The molecule has 124 valence electrons. The standard InChI is InChI=1S/C21H24N2O/c1-16-21(14-22-23(16)15-20-4-2-3-13-24-20)19-11-9-18(10-12-19)8-7-17-5-6-17/h9-12,14,17,20H,2-6,13,15H2,1H3. The van der Waals surface area contributed by atoms with Crippen molar-refractivity contribution in [2.24, 2.45) is 5.92 Å². The molecule has 2 heterocycles. The van der Waals surface area contributed by atoms with E-state index in [1.54, 1.807) is 0 Å². The van der Waals surface area contributed by atoms with Crippen LogP contribution in [0.3, 0.4) is 0 Å². The first-order chi connectivity index (χ1) is 11.8. The van der Waals surface area contributed by atoms with Gasteiger partial charge in [0.1, 0.15) is 0 Å². The smallest absolute Gasteiger partial charge is 0.0771 e. The molecule has 1 saturated heterocycles. The Morgan fingerprint density at radius 2 is 2.00 bits per heavy atom. The third kappa shape index (κ3) is 3.55. The van der Waals surface area contributed by atoms with Crippen LogP contribution in [0.25, 0.3) is 11.1 Å². The lowest BCUT2D eigenvalue weighted by Gasteiger charge is -2.23. The Kier molecular flexibility index (Phi) is 4.40. The van der Waals surface area contributed by atoms with E-state index in [0.29, 0.717) is 12.0 Å². The van der Waals surface area contributed by atoms with Gasteiger partial charge in [0.05, 0.1) is 18.8 Å². The Hall–Kier alpha value is -2.05. The highest BCUT2D eigenvalue weighted by atomic mass is 16.5. The van der Waals surface area contributed by atoms with Crippen LogP contribution in [0.5, 0.6) is 0 Å². The molecule has 0 bridgehead atoms. The summed E-state index contributed by atoms with van der Waals surface area (Å²) < 4.78 is 7.93. The van der Waals surface area contributed by atoms with E-state index in [9.17, 15) is 0 Å². The van der Waals surface area contributed by atoms with Gasteiger partial charge in [-0.1, -0.05) is 24.0 Å². The molecule has 4 rings (SSSR count). The molecular weight excluding hydrogens is 296 g/mol. The topological polar surface area (TPSA) is 27.1 Å². The molecule has 2 aliphatic rings. The SMILES string of the molecule is Cc1c(-c2ccc(C#CC3CC3)cc2)cnn1CC1CCCCO1. The molecule has 1 saturated carbocycles. The summed E-state index contributed by atoms with van der Waals surface area (Å²) in [6, 6.07) is 8.54. The van der Waals surface area contributed by atoms with Crippen molar-refractivity contribution in [1.29, 1.82) is 0 Å². The molecule has 1 aromatic heterocycles. The van der Waals surface area contributed by atoms with Crippen LogP contribution in [0.1, 0.15) is 43.4 Å². The maximum atomic E-state index is 5.84. The van der Waals surface area contributed by atoms with Crippen LogP contribution in [0.2, 0.25) is 0 Å². The lowest BCUT2D eigenvalue weighted by molar-refractivity contribution is 0.00366. The van der Waals surface area contributed by atoms with Crippen molar-refractivity contribution in [2.75, 3.05) is 6.61 Å². The molecular formula is C21H24N2O. The summed E-state index contributed by atoms with van der Waals surface area (Å²) in [5, 5.41) is 4.59. The molecule has 1 atom stereocenters. The molecule has 2 aromatic rings. The van der Waals surface area contributed by atoms with Gasteiger partial charge in [-0.15, -0.1) is 0 Å². The zero-order valence-electron chi connectivity index (χ0n) is 14.3. The second-order valence-corrected chi connectivity index (χ2v) is 6.94. The van der Waals surface area contributed by atoms with Gasteiger partial charge in [0.25, 0.3) is 0 Å². The van der Waals surface area contributed by atoms with Gasteiger partial charge in [-0.3, -0.25) is 4.68 Å². The van der Waals surface area contributed by atoms with E-state index in [2.05, 4.69) is 52.8 Å². The Morgan fingerprint density at radius 3 is 2.71 bits per heavy atom. The van der Waals surface area contributed by atoms with Gasteiger partial charge >= 0.3 is 0 Å². The first-order valence-electron chi connectivity index (χ1n) is 9.05. The van der Waals surface area contributed by atoms with Gasteiger partial charge < -0.3 is 4.74 Å². The van der Waals surface area contributed by atoms with Crippen LogP contribution >= 0.6 is 0 Å². The number of hydrogen-bond donors (Lipinski definition) is 0.